The molecule has 1 atom stereocenters. The molecule has 0 fully saturated rings. The monoisotopic (exact) mass is 281 g/mol. The summed E-state index contributed by atoms with van der Waals surface area (Å²) in [5.41, 5.74) is 0.275. The van der Waals surface area contributed by atoms with Crippen molar-refractivity contribution in [1.29, 1.82) is 0 Å². The van der Waals surface area contributed by atoms with Crippen LogP contribution in [0.3, 0.4) is 0 Å². The largest absolute Gasteiger partial charge is 0.348 e. The van der Waals surface area contributed by atoms with E-state index in [9.17, 15) is 4.79 Å². The fourth-order valence-corrected chi connectivity index (χ4v) is 2.44. The van der Waals surface area contributed by atoms with E-state index in [0.29, 0.717) is 0 Å². The number of nitrogens with zero attached hydrogens (tertiary/aromatic N) is 2. The molecule has 2 aromatic rings. The maximum absolute atomic E-state index is 11.8. The number of rotatable bonds is 4. The van der Waals surface area contributed by atoms with Crippen LogP contribution in [0.15, 0.2) is 29.9 Å². The fourth-order valence-electron chi connectivity index (χ4n) is 1.51. The van der Waals surface area contributed by atoms with Crippen LogP contribution in [0.4, 0.5) is 0 Å². The average Bonchev–Trinajstić information content (AvgIpc) is 2.82. The lowest BCUT2D eigenvalue weighted by atomic mass is 10.2. The second-order valence-electron chi connectivity index (χ2n) is 3.88. The molecule has 0 aliphatic heterocycles. The first-order valence-corrected chi connectivity index (χ1v) is 6.71. The lowest BCUT2D eigenvalue weighted by molar-refractivity contribution is 0.0935. The summed E-state index contributed by atoms with van der Waals surface area (Å²) in [5.74, 6) is -0.233. The Hall–Kier alpha value is -1.46. The first-order valence-electron chi connectivity index (χ1n) is 5.46. The van der Waals surface area contributed by atoms with Crippen LogP contribution in [0.25, 0.3) is 0 Å². The van der Waals surface area contributed by atoms with Gasteiger partial charge in [0.15, 0.2) is 0 Å². The number of thiophene rings is 1. The van der Waals surface area contributed by atoms with Crippen molar-refractivity contribution in [2.24, 2.45) is 0 Å². The molecule has 0 bridgehead atoms. The van der Waals surface area contributed by atoms with Crippen LogP contribution in [0.5, 0.6) is 0 Å². The number of halogens is 1. The third-order valence-electron chi connectivity index (χ3n) is 2.32. The first-order chi connectivity index (χ1) is 8.65. The van der Waals surface area contributed by atoms with Gasteiger partial charge in [0.25, 0.3) is 5.91 Å². The molecule has 18 heavy (non-hydrogen) atoms. The summed E-state index contributed by atoms with van der Waals surface area (Å²) in [7, 11) is 0. The normalized spacial score (nSPS) is 12.1. The zero-order valence-corrected chi connectivity index (χ0v) is 11.3. The predicted molar refractivity (Wildman–Crippen MR) is 72.0 cm³/mol. The van der Waals surface area contributed by atoms with Crippen molar-refractivity contribution < 1.29 is 4.79 Å². The van der Waals surface area contributed by atoms with Crippen LogP contribution in [-0.4, -0.2) is 21.9 Å². The summed E-state index contributed by atoms with van der Waals surface area (Å²) in [6.45, 7) is 1.96. The highest BCUT2D eigenvalue weighted by Crippen LogP contribution is 2.11. The number of nitrogens with one attached hydrogen (secondary N) is 1. The maximum atomic E-state index is 11.8. The van der Waals surface area contributed by atoms with E-state index >= 15 is 0 Å². The van der Waals surface area contributed by atoms with E-state index in [0.717, 1.165) is 6.42 Å². The van der Waals surface area contributed by atoms with Gasteiger partial charge in [0.1, 0.15) is 10.8 Å². The number of carbonyl (C=O) groups is 1. The lowest BCUT2D eigenvalue weighted by Crippen LogP contribution is -2.34. The van der Waals surface area contributed by atoms with Crippen molar-refractivity contribution in [3.63, 3.8) is 0 Å². The molecule has 0 saturated carbocycles. The molecule has 0 aliphatic carbocycles. The minimum absolute atomic E-state index is 0.0497. The fraction of sp³-hybridized carbons (Fsp3) is 0.250. The van der Waals surface area contributed by atoms with Crippen LogP contribution in [0.1, 0.15) is 22.3 Å². The summed E-state index contributed by atoms with van der Waals surface area (Å²) < 4.78 is 0. The molecule has 4 nitrogen and oxygen atoms in total. The van der Waals surface area contributed by atoms with Crippen LogP contribution < -0.4 is 5.32 Å². The Balaban J connectivity index is 1.92. The molecule has 6 heteroatoms. The Kier molecular flexibility index (Phi) is 4.28. The van der Waals surface area contributed by atoms with Gasteiger partial charge in [-0.1, -0.05) is 17.7 Å². The Morgan fingerprint density at radius 3 is 2.94 bits per heavy atom. The molecule has 0 aliphatic rings. The third kappa shape index (κ3) is 3.51. The molecule has 2 aromatic heterocycles. The summed E-state index contributed by atoms with van der Waals surface area (Å²) in [5, 5.41) is 5.17. The van der Waals surface area contributed by atoms with E-state index in [-0.39, 0.29) is 22.8 Å². The van der Waals surface area contributed by atoms with Crippen LogP contribution in [0, 0.1) is 0 Å². The van der Waals surface area contributed by atoms with E-state index in [1.165, 1.54) is 17.3 Å². The highest BCUT2D eigenvalue weighted by Gasteiger charge is 2.12. The number of carbonyl (C=O) groups excluding carboxylic acids is 1. The summed E-state index contributed by atoms with van der Waals surface area (Å²) in [6, 6.07) is 4.10. The van der Waals surface area contributed by atoms with Crippen molar-refractivity contribution in [1.82, 2.24) is 15.3 Å². The van der Waals surface area contributed by atoms with Gasteiger partial charge in [0, 0.05) is 17.3 Å². The van der Waals surface area contributed by atoms with Crippen LogP contribution in [0.2, 0.25) is 5.15 Å². The second-order valence-corrected chi connectivity index (χ2v) is 5.30. The highest BCUT2D eigenvalue weighted by molar-refractivity contribution is 7.09. The number of hydrogen-bond acceptors (Lipinski definition) is 4. The summed E-state index contributed by atoms with van der Waals surface area (Å²) in [4.78, 5) is 20.8. The lowest BCUT2D eigenvalue weighted by Gasteiger charge is -2.12. The minimum Gasteiger partial charge on any atom is -0.348 e. The molecular formula is C12H12ClN3OS. The first kappa shape index (κ1) is 13.0. The van der Waals surface area contributed by atoms with E-state index in [2.05, 4.69) is 21.4 Å². The van der Waals surface area contributed by atoms with Gasteiger partial charge in [-0.05, 0) is 18.4 Å². The molecule has 2 rings (SSSR count). The predicted octanol–water partition coefficient (Wildman–Crippen LogP) is 2.55. The van der Waals surface area contributed by atoms with Crippen LogP contribution >= 0.6 is 22.9 Å². The Bertz CT molecular complexity index is 513. The van der Waals surface area contributed by atoms with Crippen molar-refractivity contribution in [2.75, 3.05) is 0 Å². The standard InChI is InChI=1S/C12H12ClN3OS/c1-8(5-9-3-2-4-18-9)16-12(17)10-6-15-11(13)7-14-10/h2-4,6-8H,5H2,1H3,(H,16,17). The van der Waals surface area contributed by atoms with Crippen LogP contribution in [-0.2, 0) is 6.42 Å². The molecule has 1 N–H and O–H groups in total. The third-order valence-corrected chi connectivity index (χ3v) is 3.41. The maximum Gasteiger partial charge on any atom is 0.271 e. The highest BCUT2D eigenvalue weighted by atomic mass is 35.5. The average molecular weight is 282 g/mol. The summed E-state index contributed by atoms with van der Waals surface area (Å²) >= 11 is 7.29. The molecule has 0 spiro atoms. The zero-order chi connectivity index (χ0) is 13.0. The molecule has 0 aromatic carbocycles. The van der Waals surface area contributed by atoms with Crippen molar-refractivity contribution in [3.05, 3.63) is 45.6 Å². The number of amides is 1. The molecule has 1 amide bonds. The zero-order valence-electron chi connectivity index (χ0n) is 9.76. The number of hydrogen-bond donors (Lipinski definition) is 1. The topological polar surface area (TPSA) is 54.9 Å². The van der Waals surface area contributed by atoms with Gasteiger partial charge >= 0.3 is 0 Å². The van der Waals surface area contributed by atoms with Gasteiger partial charge < -0.3 is 5.32 Å². The molecule has 1 unspecified atom stereocenters. The van der Waals surface area contributed by atoms with Gasteiger partial charge in [-0.15, -0.1) is 11.3 Å². The molecule has 94 valence electrons. The van der Waals surface area contributed by atoms with Crippen molar-refractivity contribution in [3.8, 4) is 0 Å². The van der Waals surface area contributed by atoms with Gasteiger partial charge in [0.05, 0.1) is 12.4 Å². The quantitative estimate of drug-likeness (QED) is 0.937. The van der Waals surface area contributed by atoms with E-state index in [4.69, 9.17) is 11.6 Å². The van der Waals surface area contributed by atoms with Gasteiger partial charge in [0.2, 0.25) is 0 Å². The molecule has 0 radical (unpaired) electrons. The van der Waals surface area contributed by atoms with E-state index in [1.807, 2.05) is 18.4 Å². The Morgan fingerprint density at radius 2 is 2.33 bits per heavy atom. The smallest absolute Gasteiger partial charge is 0.271 e. The second kappa shape index (κ2) is 5.93. The SMILES string of the molecule is CC(Cc1cccs1)NC(=O)c1cnc(Cl)cn1. The van der Waals surface area contributed by atoms with Gasteiger partial charge in [-0.25, -0.2) is 9.97 Å². The number of aromatic nitrogens is 2. The molecule has 2 heterocycles. The van der Waals surface area contributed by atoms with Crippen molar-refractivity contribution in [2.45, 2.75) is 19.4 Å². The van der Waals surface area contributed by atoms with Gasteiger partial charge in [-0.2, -0.15) is 0 Å². The summed E-state index contributed by atoms with van der Waals surface area (Å²) in [6.07, 6.45) is 3.54. The van der Waals surface area contributed by atoms with Crippen molar-refractivity contribution >= 4 is 28.8 Å². The van der Waals surface area contributed by atoms with E-state index in [1.54, 1.807) is 11.3 Å². The molecule has 0 saturated heterocycles. The van der Waals surface area contributed by atoms with E-state index < -0.39 is 0 Å². The van der Waals surface area contributed by atoms with Gasteiger partial charge in [-0.3, -0.25) is 4.79 Å². The molecular weight excluding hydrogens is 270 g/mol. The Labute approximate surface area is 114 Å². The Morgan fingerprint density at radius 1 is 1.50 bits per heavy atom. The minimum atomic E-state index is -0.233.